The maximum atomic E-state index is 13.8. The normalized spacial score (nSPS) is 29.1. The Labute approximate surface area is 245 Å². The topological polar surface area (TPSA) is 114 Å². The molecule has 3 aliphatic rings. The Bertz CT molecular complexity index is 1070. The second kappa shape index (κ2) is 12.3. The van der Waals surface area contributed by atoms with Gasteiger partial charge in [-0.25, -0.2) is 0 Å². The van der Waals surface area contributed by atoms with Crippen molar-refractivity contribution < 1.29 is 20.1 Å². The van der Waals surface area contributed by atoms with E-state index in [1.807, 2.05) is 33.0 Å². The molecule has 0 amide bonds. The molecule has 37 heavy (non-hydrogen) atoms. The van der Waals surface area contributed by atoms with Crippen molar-refractivity contribution in [2.24, 2.45) is 15.4 Å². The van der Waals surface area contributed by atoms with Crippen molar-refractivity contribution in [1.29, 1.82) is 0 Å². The summed E-state index contributed by atoms with van der Waals surface area (Å²) in [5.41, 5.74) is -0.270. The molecule has 1 aromatic carbocycles. The van der Waals surface area contributed by atoms with Crippen LogP contribution in [0.25, 0.3) is 0 Å². The van der Waals surface area contributed by atoms with Gasteiger partial charge in [-0.15, -0.1) is 35.3 Å². The Morgan fingerprint density at radius 1 is 1.30 bits per heavy atom. The van der Waals surface area contributed by atoms with Gasteiger partial charge in [0.2, 0.25) is 0 Å². The van der Waals surface area contributed by atoms with Crippen LogP contribution in [0.2, 0.25) is 0 Å². The van der Waals surface area contributed by atoms with E-state index in [4.69, 9.17) is 4.99 Å². The summed E-state index contributed by atoms with van der Waals surface area (Å²) < 4.78 is 0. The predicted molar refractivity (Wildman–Crippen MR) is 152 cm³/mol. The summed E-state index contributed by atoms with van der Waals surface area (Å²) in [6, 6.07) is 5.25. The van der Waals surface area contributed by atoms with E-state index in [1.54, 1.807) is 36.5 Å². The SMILES string of the molecule is CCCCc1cccc([O-])c1C1=N[C@@H]([C@H]2SC[C@@H]([C@@H]([O-])C(C)(C)C3=N[C@@](C)(C(=O)[O-])CS3)N2C)CS1.[Ga+3]. The number of aliphatic imine (C=N–C) groups is 2. The smallest absolute Gasteiger partial charge is 0.872 e. The van der Waals surface area contributed by atoms with Crippen LogP contribution in [-0.2, 0) is 11.2 Å². The van der Waals surface area contributed by atoms with E-state index in [0.29, 0.717) is 10.8 Å². The minimum absolute atomic E-state index is 0. The zero-order chi connectivity index (χ0) is 26.3. The number of unbranched alkanes of at least 4 members (excludes halogenated alkanes) is 1. The average molecular weight is 618 g/mol. The molecule has 3 aliphatic heterocycles. The van der Waals surface area contributed by atoms with Crippen LogP contribution >= 0.6 is 35.3 Å². The quantitative estimate of drug-likeness (QED) is 0.382. The van der Waals surface area contributed by atoms with Crippen LogP contribution < -0.4 is 15.3 Å². The molecule has 0 bridgehead atoms. The van der Waals surface area contributed by atoms with Gasteiger partial charge in [0.05, 0.1) is 27.5 Å². The fraction of sp³-hybridized carbons (Fsp3) is 0.654. The van der Waals surface area contributed by atoms with Gasteiger partial charge in [0.25, 0.3) is 0 Å². The molecular weight excluding hydrogens is 584 g/mol. The largest absolute Gasteiger partial charge is 3.00 e. The van der Waals surface area contributed by atoms with Crippen LogP contribution in [0.1, 0.15) is 51.7 Å². The summed E-state index contributed by atoms with van der Waals surface area (Å²) in [5.74, 6) is 0.574. The maximum absolute atomic E-state index is 13.8. The third-order valence-electron chi connectivity index (χ3n) is 7.38. The fourth-order valence-corrected chi connectivity index (χ4v) is 9.13. The Morgan fingerprint density at radius 3 is 2.68 bits per heavy atom. The molecule has 198 valence electrons. The van der Waals surface area contributed by atoms with E-state index in [2.05, 4.69) is 16.8 Å². The van der Waals surface area contributed by atoms with Crippen molar-refractivity contribution >= 4 is 71.1 Å². The van der Waals surface area contributed by atoms with E-state index in [-0.39, 0.29) is 48.8 Å². The fourth-order valence-electron chi connectivity index (χ4n) is 4.91. The monoisotopic (exact) mass is 617 g/mol. The maximum Gasteiger partial charge on any atom is 3.00 e. The molecule has 1 aromatic rings. The molecule has 0 saturated carbocycles. The molecule has 1 saturated heterocycles. The molecule has 4 rings (SSSR count). The summed E-state index contributed by atoms with van der Waals surface area (Å²) in [6.45, 7) is 7.43. The summed E-state index contributed by atoms with van der Waals surface area (Å²) in [7, 11) is 1.98. The first kappa shape index (κ1) is 31.0. The minimum Gasteiger partial charge on any atom is -0.872 e. The molecule has 0 radical (unpaired) electrons. The number of aliphatic carboxylic acids is 1. The number of nitrogens with zero attached hydrogens (tertiary/aromatic N) is 3. The van der Waals surface area contributed by atoms with Crippen LogP contribution in [0.4, 0.5) is 0 Å². The molecule has 1 fully saturated rings. The third kappa shape index (κ3) is 6.12. The number of aryl methyl sites for hydroxylation is 1. The molecular formula is C26H34GaN3O4S3. The number of carboxylic acid groups (broad SMARTS) is 1. The van der Waals surface area contributed by atoms with Crippen LogP contribution in [0.15, 0.2) is 28.2 Å². The Hall–Kier alpha value is -0.564. The number of benzene rings is 1. The summed E-state index contributed by atoms with van der Waals surface area (Å²) in [5, 5.41) is 39.5. The van der Waals surface area contributed by atoms with Crippen LogP contribution in [0.3, 0.4) is 0 Å². The molecule has 0 unspecified atom stereocenters. The Kier molecular flexibility index (Phi) is 10.3. The van der Waals surface area contributed by atoms with Gasteiger partial charge < -0.3 is 20.1 Å². The van der Waals surface area contributed by atoms with E-state index in [0.717, 1.165) is 41.2 Å². The number of rotatable bonds is 9. The third-order valence-corrected chi connectivity index (χ3v) is 11.6. The Balaban J connectivity index is 0.00000380. The standard InChI is InChI=1S/C26H36N3O4S3.Ga/c1-6-7-9-15-10-8-11-18(30)19(15)21-27-16(12-34-21)22-29(5)17(13-35-22)20(31)25(2,3)23-28-26(4,14-36-23)24(32)33;/h8,10-11,16-17,20,22,30H,6-7,9,12-14H2,1-5H3,(H,32,33);/q-1;+3/p-2/t16-,17+,20-,22-,26-;/m1./s1. The van der Waals surface area contributed by atoms with Crippen LogP contribution in [-0.4, -0.2) is 94.2 Å². The van der Waals surface area contributed by atoms with Crippen molar-refractivity contribution in [3.8, 4) is 5.75 Å². The van der Waals surface area contributed by atoms with Crippen molar-refractivity contribution in [2.75, 3.05) is 24.3 Å². The van der Waals surface area contributed by atoms with Gasteiger partial charge in [0.1, 0.15) is 5.54 Å². The van der Waals surface area contributed by atoms with E-state index in [9.17, 15) is 20.1 Å². The molecule has 0 aliphatic carbocycles. The zero-order valence-electron chi connectivity index (χ0n) is 22.1. The van der Waals surface area contributed by atoms with Crippen molar-refractivity contribution in [3.05, 3.63) is 29.3 Å². The molecule has 0 aromatic heterocycles. The van der Waals surface area contributed by atoms with Gasteiger partial charge in [-0.3, -0.25) is 14.9 Å². The molecule has 0 N–H and O–H groups in total. The van der Waals surface area contributed by atoms with Crippen LogP contribution in [0.5, 0.6) is 5.75 Å². The van der Waals surface area contributed by atoms with Gasteiger partial charge in [0, 0.05) is 34.3 Å². The first-order valence-electron chi connectivity index (χ1n) is 12.4. The van der Waals surface area contributed by atoms with Crippen molar-refractivity contribution in [1.82, 2.24) is 4.90 Å². The predicted octanol–water partition coefficient (Wildman–Crippen LogP) is 1.37. The number of carbonyl (C=O) groups is 1. The van der Waals surface area contributed by atoms with Crippen molar-refractivity contribution in [3.63, 3.8) is 0 Å². The summed E-state index contributed by atoms with van der Waals surface area (Å²) in [4.78, 5) is 23.1. The first-order chi connectivity index (χ1) is 17.0. The number of carboxylic acids is 1. The second-order valence-corrected chi connectivity index (χ2v) is 13.7. The minimum atomic E-state index is -1.28. The number of hydrogen-bond acceptors (Lipinski definition) is 10. The molecule has 5 atom stereocenters. The number of carbonyl (C=O) groups excluding carboxylic acids is 1. The summed E-state index contributed by atoms with van der Waals surface area (Å²) in [6.07, 6.45) is 2.00. The number of hydrogen-bond donors (Lipinski definition) is 0. The van der Waals surface area contributed by atoms with E-state index < -0.39 is 23.0 Å². The first-order valence-corrected chi connectivity index (χ1v) is 15.5. The molecule has 11 heteroatoms. The van der Waals surface area contributed by atoms with Gasteiger partial charge in [-0.05, 0) is 32.4 Å². The molecule has 3 heterocycles. The van der Waals surface area contributed by atoms with E-state index >= 15 is 0 Å². The number of thioether (sulfide) groups is 3. The molecule has 0 spiro atoms. The molecule has 7 nitrogen and oxygen atoms in total. The zero-order valence-corrected chi connectivity index (χ0v) is 26.9. The second-order valence-electron chi connectivity index (χ2n) is 10.6. The van der Waals surface area contributed by atoms with Crippen LogP contribution in [0, 0.1) is 5.41 Å². The van der Waals surface area contributed by atoms with Gasteiger partial charge >= 0.3 is 19.8 Å². The van der Waals surface area contributed by atoms with Crippen molar-refractivity contribution in [2.45, 2.75) is 76.1 Å². The summed E-state index contributed by atoms with van der Waals surface area (Å²) >= 11 is 4.74. The van der Waals surface area contributed by atoms with Gasteiger partial charge in [0.15, 0.2) is 0 Å². The van der Waals surface area contributed by atoms with Gasteiger partial charge in [-0.2, -0.15) is 0 Å². The number of likely N-dealkylation sites (N-methyl/N-ethyl adjacent to an activating group) is 1. The van der Waals surface area contributed by atoms with E-state index in [1.165, 1.54) is 11.8 Å². The van der Waals surface area contributed by atoms with Gasteiger partial charge in [-0.1, -0.05) is 57.2 Å². The Morgan fingerprint density at radius 2 is 2.03 bits per heavy atom. The average Bonchev–Trinajstić information content (AvgIpc) is 3.56.